The van der Waals surface area contributed by atoms with Crippen molar-refractivity contribution in [3.63, 3.8) is 0 Å². The summed E-state index contributed by atoms with van der Waals surface area (Å²) in [5.41, 5.74) is 5.62. The van der Waals surface area contributed by atoms with Crippen LogP contribution in [0.4, 0.5) is 0 Å². The molecule has 0 saturated heterocycles. The summed E-state index contributed by atoms with van der Waals surface area (Å²) in [6, 6.07) is 19.5. The number of fused-ring (bicyclic) bond motifs is 4. The Morgan fingerprint density at radius 1 is 0.789 bits per heavy atom. The van der Waals surface area contributed by atoms with E-state index in [0.717, 1.165) is 12.2 Å². The second-order valence-corrected chi connectivity index (χ2v) is 5.06. The second kappa shape index (κ2) is 3.86. The first-order valence-corrected chi connectivity index (χ1v) is 6.54. The lowest BCUT2D eigenvalue weighted by Crippen LogP contribution is -1.85. The summed E-state index contributed by atoms with van der Waals surface area (Å²) in [6.45, 7) is 0. The SMILES string of the molecule is COc1ccc2cc3c(cc2c1)Cc1ccccc1-3. The Morgan fingerprint density at radius 2 is 1.68 bits per heavy atom. The van der Waals surface area contributed by atoms with Gasteiger partial charge in [-0.05, 0) is 57.6 Å². The van der Waals surface area contributed by atoms with E-state index in [-0.39, 0.29) is 0 Å². The van der Waals surface area contributed by atoms with E-state index in [2.05, 4.69) is 48.5 Å². The van der Waals surface area contributed by atoms with Gasteiger partial charge in [0.15, 0.2) is 0 Å². The highest BCUT2D eigenvalue weighted by Crippen LogP contribution is 2.39. The molecule has 0 aliphatic heterocycles. The molecule has 92 valence electrons. The van der Waals surface area contributed by atoms with Gasteiger partial charge in [-0.3, -0.25) is 0 Å². The van der Waals surface area contributed by atoms with Gasteiger partial charge in [-0.2, -0.15) is 0 Å². The third-order valence-electron chi connectivity index (χ3n) is 3.96. The first-order valence-electron chi connectivity index (χ1n) is 6.54. The van der Waals surface area contributed by atoms with E-state index in [1.807, 2.05) is 6.07 Å². The molecule has 3 aromatic carbocycles. The molecule has 0 aromatic heterocycles. The minimum atomic E-state index is 0.919. The van der Waals surface area contributed by atoms with Crippen molar-refractivity contribution in [2.24, 2.45) is 0 Å². The maximum absolute atomic E-state index is 5.30. The third kappa shape index (κ3) is 1.55. The zero-order chi connectivity index (χ0) is 12.8. The predicted octanol–water partition coefficient (Wildman–Crippen LogP) is 4.42. The molecule has 0 radical (unpaired) electrons. The standard InChI is InChI=1S/C18H14O/c1-19-16-7-6-12-11-18-15(9-14(12)10-16)8-13-4-2-3-5-17(13)18/h2-7,9-11H,8H2,1H3. The molecule has 0 heterocycles. The Kier molecular flexibility index (Phi) is 2.16. The summed E-state index contributed by atoms with van der Waals surface area (Å²) < 4.78 is 5.30. The molecule has 1 aliphatic carbocycles. The highest BCUT2D eigenvalue weighted by molar-refractivity contribution is 5.92. The molecule has 0 saturated carbocycles. The molecule has 0 atom stereocenters. The molecule has 0 amide bonds. The molecule has 4 rings (SSSR count). The van der Waals surface area contributed by atoms with Crippen molar-refractivity contribution in [3.8, 4) is 16.9 Å². The van der Waals surface area contributed by atoms with Crippen molar-refractivity contribution in [1.29, 1.82) is 0 Å². The van der Waals surface area contributed by atoms with Crippen LogP contribution in [0.1, 0.15) is 11.1 Å². The Bertz CT molecular complexity index is 787. The average molecular weight is 246 g/mol. The van der Waals surface area contributed by atoms with Gasteiger partial charge in [0.25, 0.3) is 0 Å². The lowest BCUT2D eigenvalue weighted by molar-refractivity contribution is 0.415. The van der Waals surface area contributed by atoms with Gasteiger partial charge in [-0.15, -0.1) is 0 Å². The van der Waals surface area contributed by atoms with Crippen LogP contribution < -0.4 is 4.74 Å². The highest BCUT2D eigenvalue weighted by atomic mass is 16.5. The first kappa shape index (κ1) is 10.6. The van der Waals surface area contributed by atoms with Crippen LogP contribution in [0.15, 0.2) is 54.6 Å². The summed E-state index contributed by atoms with van der Waals surface area (Å²) in [6.07, 6.45) is 1.04. The number of hydrogen-bond acceptors (Lipinski definition) is 1. The molecular formula is C18H14O. The van der Waals surface area contributed by atoms with Crippen molar-refractivity contribution >= 4 is 10.8 Å². The van der Waals surface area contributed by atoms with Crippen LogP contribution in [0.3, 0.4) is 0 Å². The van der Waals surface area contributed by atoms with E-state index < -0.39 is 0 Å². The fourth-order valence-electron chi connectivity index (χ4n) is 2.99. The van der Waals surface area contributed by atoms with Gasteiger partial charge in [0.05, 0.1) is 7.11 Å². The number of benzene rings is 3. The quantitative estimate of drug-likeness (QED) is 0.483. The van der Waals surface area contributed by atoms with Crippen LogP contribution >= 0.6 is 0 Å². The van der Waals surface area contributed by atoms with Gasteiger partial charge < -0.3 is 4.74 Å². The van der Waals surface area contributed by atoms with Crippen LogP contribution in [0, 0.1) is 0 Å². The van der Waals surface area contributed by atoms with E-state index in [1.54, 1.807) is 7.11 Å². The molecule has 0 N–H and O–H groups in total. The fourth-order valence-corrected chi connectivity index (χ4v) is 2.99. The topological polar surface area (TPSA) is 9.23 Å². The van der Waals surface area contributed by atoms with Crippen molar-refractivity contribution in [2.45, 2.75) is 6.42 Å². The van der Waals surface area contributed by atoms with E-state index >= 15 is 0 Å². The zero-order valence-electron chi connectivity index (χ0n) is 10.8. The summed E-state index contributed by atoms with van der Waals surface area (Å²) in [4.78, 5) is 0. The number of hydrogen-bond donors (Lipinski definition) is 0. The normalized spacial score (nSPS) is 12.3. The molecule has 1 nitrogen and oxygen atoms in total. The summed E-state index contributed by atoms with van der Waals surface area (Å²) in [5.74, 6) is 0.919. The average Bonchev–Trinajstić information content (AvgIpc) is 2.81. The lowest BCUT2D eigenvalue weighted by atomic mass is 10.0. The Hall–Kier alpha value is -2.28. The van der Waals surface area contributed by atoms with E-state index in [9.17, 15) is 0 Å². The smallest absolute Gasteiger partial charge is 0.119 e. The van der Waals surface area contributed by atoms with Crippen LogP contribution in [0.25, 0.3) is 21.9 Å². The van der Waals surface area contributed by atoms with Crippen LogP contribution in [-0.4, -0.2) is 7.11 Å². The number of methoxy groups -OCH3 is 1. The van der Waals surface area contributed by atoms with Crippen molar-refractivity contribution in [3.05, 3.63) is 65.7 Å². The number of rotatable bonds is 1. The van der Waals surface area contributed by atoms with Gasteiger partial charge >= 0.3 is 0 Å². The largest absolute Gasteiger partial charge is 0.497 e. The maximum Gasteiger partial charge on any atom is 0.119 e. The van der Waals surface area contributed by atoms with Crippen LogP contribution in [0.5, 0.6) is 5.75 Å². The molecule has 1 aliphatic rings. The maximum atomic E-state index is 5.30. The molecule has 3 aromatic rings. The predicted molar refractivity (Wildman–Crippen MR) is 78.7 cm³/mol. The Balaban J connectivity index is 1.98. The minimum Gasteiger partial charge on any atom is -0.497 e. The fraction of sp³-hybridized carbons (Fsp3) is 0.111. The van der Waals surface area contributed by atoms with Crippen LogP contribution in [0.2, 0.25) is 0 Å². The molecule has 0 fully saturated rings. The third-order valence-corrected chi connectivity index (χ3v) is 3.96. The van der Waals surface area contributed by atoms with Crippen molar-refractivity contribution in [1.82, 2.24) is 0 Å². The first-order chi connectivity index (χ1) is 9.35. The second-order valence-electron chi connectivity index (χ2n) is 5.06. The highest BCUT2D eigenvalue weighted by Gasteiger charge is 2.18. The van der Waals surface area contributed by atoms with E-state index in [4.69, 9.17) is 4.74 Å². The molecule has 19 heavy (non-hydrogen) atoms. The van der Waals surface area contributed by atoms with Crippen molar-refractivity contribution in [2.75, 3.05) is 7.11 Å². The molecule has 0 unspecified atom stereocenters. The van der Waals surface area contributed by atoms with Crippen molar-refractivity contribution < 1.29 is 4.74 Å². The number of ether oxygens (including phenoxy) is 1. The van der Waals surface area contributed by atoms with E-state index in [1.165, 1.54) is 33.0 Å². The Morgan fingerprint density at radius 3 is 2.58 bits per heavy atom. The van der Waals surface area contributed by atoms with E-state index in [0.29, 0.717) is 0 Å². The lowest BCUT2D eigenvalue weighted by Gasteiger charge is -2.06. The van der Waals surface area contributed by atoms with Gasteiger partial charge in [-0.1, -0.05) is 36.4 Å². The zero-order valence-corrected chi connectivity index (χ0v) is 10.8. The summed E-state index contributed by atoms with van der Waals surface area (Å²) in [7, 11) is 1.71. The molecule has 0 spiro atoms. The molecule has 0 bridgehead atoms. The van der Waals surface area contributed by atoms with Gasteiger partial charge in [0.2, 0.25) is 0 Å². The summed E-state index contributed by atoms with van der Waals surface area (Å²) >= 11 is 0. The Labute approximate surface area is 112 Å². The van der Waals surface area contributed by atoms with Gasteiger partial charge in [0.1, 0.15) is 5.75 Å². The van der Waals surface area contributed by atoms with Gasteiger partial charge in [0, 0.05) is 0 Å². The summed E-state index contributed by atoms with van der Waals surface area (Å²) in [5, 5.41) is 2.53. The minimum absolute atomic E-state index is 0.919. The van der Waals surface area contributed by atoms with Crippen LogP contribution in [-0.2, 0) is 6.42 Å². The monoisotopic (exact) mass is 246 g/mol. The molecule has 1 heteroatoms. The molecular weight excluding hydrogens is 232 g/mol. The van der Waals surface area contributed by atoms with Gasteiger partial charge in [-0.25, -0.2) is 0 Å².